The van der Waals surface area contributed by atoms with Crippen molar-refractivity contribution in [2.75, 3.05) is 7.05 Å². The van der Waals surface area contributed by atoms with E-state index in [-0.39, 0.29) is 0 Å². The molecule has 0 aliphatic carbocycles. The number of aromatic nitrogens is 2. The maximum absolute atomic E-state index is 13.8. The number of aryl methyl sites for hydroxylation is 1. The Morgan fingerprint density at radius 3 is 2.67 bits per heavy atom. The van der Waals surface area contributed by atoms with Crippen molar-refractivity contribution in [2.24, 2.45) is 7.05 Å². The van der Waals surface area contributed by atoms with Crippen molar-refractivity contribution in [3.8, 4) is 11.3 Å². The lowest BCUT2D eigenvalue weighted by atomic mass is 10.1. The third-order valence-electron chi connectivity index (χ3n) is 2.91. The lowest BCUT2D eigenvalue weighted by Crippen LogP contribution is -2.06. The second kappa shape index (κ2) is 4.86. The smallest absolute Gasteiger partial charge is 0.135 e. The molecule has 0 bridgehead atoms. The van der Waals surface area contributed by atoms with Crippen LogP contribution in [0.1, 0.15) is 11.3 Å². The molecule has 96 valence electrons. The van der Waals surface area contributed by atoms with Crippen LogP contribution in [0.2, 0.25) is 0 Å². The van der Waals surface area contributed by atoms with Crippen LogP contribution in [0, 0.1) is 18.6 Å². The van der Waals surface area contributed by atoms with Crippen molar-refractivity contribution >= 4 is 0 Å². The fraction of sp³-hybridized carbons (Fsp3) is 0.308. The monoisotopic (exact) mass is 251 g/mol. The zero-order chi connectivity index (χ0) is 13.3. The summed E-state index contributed by atoms with van der Waals surface area (Å²) in [6.45, 7) is 2.50. The molecule has 0 amide bonds. The van der Waals surface area contributed by atoms with Crippen LogP contribution >= 0.6 is 0 Å². The number of halogens is 2. The SMILES string of the molecule is CNCc1nn(C)c(-c2ccc(F)cc2F)c1C. The minimum atomic E-state index is -0.577. The molecule has 0 saturated heterocycles. The molecular weight excluding hydrogens is 236 g/mol. The van der Waals surface area contributed by atoms with Gasteiger partial charge in [-0.2, -0.15) is 5.10 Å². The Morgan fingerprint density at radius 2 is 2.06 bits per heavy atom. The summed E-state index contributed by atoms with van der Waals surface area (Å²) in [5.74, 6) is -1.15. The highest BCUT2D eigenvalue weighted by molar-refractivity contribution is 5.65. The molecule has 3 nitrogen and oxygen atoms in total. The minimum Gasteiger partial charge on any atom is -0.314 e. The van der Waals surface area contributed by atoms with Crippen LogP contribution in [-0.4, -0.2) is 16.8 Å². The second-order valence-electron chi connectivity index (χ2n) is 4.20. The van der Waals surface area contributed by atoms with Crippen molar-refractivity contribution in [1.29, 1.82) is 0 Å². The lowest BCUT2D eigenvalue weighted by Gasteiger charge is -2.05. The van der Waals surface area contributed by atoms with Gasteiger partial charge in [-0.3, -0.25) is 4.68 Å². The minimum absolute atomic E-state index is 0.367. The normalized spacial score (nSPS) is 10.9. The van der Waals surface area contributed by atoms with Crippen LogP contribution in [0.15, 0.2) is 18.2 Å². The van der Waals surface area contributed by atoms with E-state index in [1.807, 2.05) is 14.0 Å². The van der Waals surface area contributed by atoms with E-state index in [1.165, 1.54) is 12.1 Å². The molecule has 0 atom stereocenters. The molecule has 0 aliphatic heterocycles. The molecule has 2 aromatic rings. The summed E-state index contributed by atoms with van der Waals surface area (Å²) in [6, 6.07) is 3.58. The Balaban J connectivity index is 2.56. The zero-order valence-electron chi connectivity index (χ0n) is 10.6. The topological polar surface area (TPSA) is 29.9 Å². The van der Waals surface area contributed by atoms with E-state index < -0.39 is 11.6 Å². The van der Waals surface area contributed by atoms with Crippen LogP contribution < -0.4 is 5.32 Å². The Kier molecular flexibility index (Phi) is 3.43. The van der Waals surface area contributed by atoms with E-state index in [2.05, 4.69) is 10.4 Å². The van der Waals surface area contributed by atoms with Gasteiger partial charge >= 0.3 is 0 Å². The summed E-state index contributed by atoms with van der Waals surface area (Å²) >= 11 is 0. The van der Waals surface area contributed by atoms with Crippen LogP contribution in [0.3, 0.4) is 0 Å². The summed E-state index contributed by atoms with van der Waals surface area (Å²) in [7, 11) is 3.58. The van der Waals surface area contributed by atoms with Gasteiger partial charge in [-0.25, -0.2) is 8.78 Å². The average molecular weight is 251 g/mol. The van der Waals surface area contributed by atoms with Crippen molar-refractivity contribution in [2.45, 2.75) is 13.5 Å². The first-order chi connectivity index (χ1) is 8.54. The second-order valence-corrected chi connectivity index (χ2v) is 4.20. The summed E-state index contributed by atoms with van der Waals surface area (Å²) in [6.07, 6.45) is 0. The maximum Gasteiger partial charge on any atom is 0.135 e. The van der Waals surface area contributed by atoms with E-state index in [0.29, 0.717) is 17.8 Å². The van der Waals surface area contributed by atoms with Gasteiger partial charge in [0, 0.05) is 25.2 Å². The van der Waals surface area contributed by atoms with Crippen molar-refractivity contribution in [3.63, 3.8) is 0 Å². The lowest BCUT2D eigenvalue weighted by molar-refractivity contribution is 0.584. The number of nitrogens with zero attached hydrogens (tertiary/aromatic N) is 2. The number of nitrogens with one attached hydrogen (secondary N) is 1. The molecule has 1 aromatic heterocycles. The standard InChI is InChI=1S/C13H15F2N3/c1-8-12(7-16-2)17-18(3)13(8)10-5-4-9(14)6-11(10)15/h4-6,16H,7H2,1-3H3. The zero-order valence-corrected chi connectivity index (χ0v) is 10.6. The van der Waals surface area contributed by atoms with Crippen molar-refractivity contribution < 1.29 is 8.78 Å². The maximum atomic E-state index is 13.8. The van der Waals surface area contributed by atoms with Crippen LogP contribution in [0.25, 0.3) is 11.3 Å². The van der Waals surface area contributed by atoms with Gasteiger partial charge in [0.05, 0.1) is 11.4 Å². The third-order valence-corrected chi connectivity index (χ3v) is 2.91. The largest absolute Gasteiger partial charge is 0.314 e. The van der Waals surface area contributed by atoms with Gasteiger partial charge in [0.2, 0.25) is 0 Å². The highest BCUT2D eigenvalue weighted by Crippen LogP contribution is 2.27. The molecule has 0 saturated carbocycles. The summed E-state index contributed by atoms with van der Waals surface area (Å²) in [4.78, 5) is 0. The number of rotatable bonds is 3. The first kappa shape index (κ1) is 12.7. The van der Waals surface area contributed by atoms with E-state index in [0.717, 1.165) is 17.3 Å². The Labute approximate surface area is 104 Å². The molecule has 1 aromatic carbocycles. The van der Waals surface area contributed by atoms with Gasteiger partial charge in [0.1, 0.15) is 11.6 Å². The van der Waals surface area contributed by atoms with Crippen LogP contribution in [-0.2, 0) is 13.6 Å². The summed E-state index contributed by atoms with van der Waals surface area (Å²) in [5.41, 5.74) is 2.81. The van der Waals surface area contributed by atoms with E-state index in [1.54, 1.807) is 11.7 Å². The quantitative estimate of drug-likeness (QED) is 0.907. The molecule has 18 heavy (non-hydrogen) atoms. The van der Waals surface area contributed by atoms with Gasteiger partial charge in [-0.15, -0.1) is 0 Å². The molecule has 0 fully saturated rings. The highest BCUT2D eigenvalue weighted by Gasteiger charge is 2.16. The first-order valence-electron chi connectivity index (χ1n) is 5.67. The fourth-order valence-corrected chi connectivity index (χ4v) is 2.08. The first-order valence-corrected chi connectivity index (χ1v) is 5.67. The van der Waals surface area contributed by atoms with E-state index in [9.17, 15) is 8.78 Å². The Bertz CT molecular complexity index is 576. The van der Waals surface area contributed by atoms with E-state index >= 15 is 0 Å². The number of benzene rings is 1. The summed E-state index contributed by atoms with van der Waals surface area (Å²) < 4.78 is 28.3. The predicted octanol–water partition coefficient (Wildman–Crippen LogP) is 2.39. The number of hydrogen-bond acceptors (Lipinski definition) is 2. The van der Waals surface area contributed by atoms with Gasteiger partial charge in [-0.05, 0) is 31.7 Å². The van der Waals surface area contributed by atoms with Gasteiger partial charge in [0.25, 0.3) is 0 Å². The van der Waals surface area contributed by atoms with Crippen molar-refractivity contribution in [3.05, 3.63) is 41.1 Å². The highest BCUT2D eigenvalue weighted by atomic mass is 19.1. The van der Waals surface area contributed by atoms with Gasteiger partial charge in [-0.1, -0.05) is 0 Å². The molecular formula is C13H15F2N3. The molecule has 5 heteroatoms. The molecule has 2 rings (SSSR count). The number of hydrogen-bond donors (Lipinski definition) is 1. The molecule has 0 radical (unpaired) electrons. The van der Waals surface area contributed by atoms with Crippen LogP contribution in [0.5, 0.6) is 0 Å². The van der Waals surface area contributed by atoms with Gasteiger partial charge < -0.3 is 5.32 Å². The van der Waals surface area contributed by atoms with Crippen molar-refractivity contribution in [1.82, 2.24) is 15.1 Å². The molecule has 1 N–H and O–H groups in total. The third kappa shape index (κ3) is 2.13. The molecule has 0 spiro atoms. The Hall–Kier alpha value is -1.75. The van der Waals surface area contributed by atoms with Gasteiger partial charge in [0.15, 0.2) is 0 Å². The molecule has 0 unspecified atom stereocenters. The Morgan fingerprint density at radius 1 is 1.33 bits per heavy atom. The molecule has 0 aliphatic rings. The predicted molar refractivity (Wildman–Crippen MR) is 66.1 cm³/mol. The van der Waals surface area contributed by atoms with Crippen LogP contribution in [0.4, 0.5) is 8.78 Å². The summed E-state index contributed by atoms with van der Waals surface area (Å²) in [5, 5.41) is 7.34. The molecule has 1 heterocycles. The average Bonchev–Trinajstić information content (AvgIpc) is 2.56. The fourth-order valence-electron chi connectivity index (χ4n) is 2.08. The van der Waals surface area contributed by atoms with E-state index in [4.69, 9.17) is 0 Å².